The Bertz CT molecular complexity index is 846. The molecule has 0 aromatic heterocycles. The lowest BCUT2D eigenvalue weighted by atomic mass is 10.2. The van der Waals surface area contributed by atoms with Crippen LogP contribution in [0.1, 0.15) is 18.4 Å². The fourth-order valence-corrected chi connectivity index (χ4v) is 4.71. The smallest absolute Gasteiger partial charge is 0.243 e. The van der Waals surface area contributed by atoms with Crippen molar-refractivity contribution in [3.63, 3.8) is 0 Å². The second-order valence-corrected chi connectivity index (χ2v) is 9.32. The van der Waals surface area contributed by atoms with Crippen molar-refractivity contribution in [2.45, 2.75) is 30.4 Å². The Kier molecular flexibility index (Phi) is 6.42. The zero-order chi connectivity index (χ0) is 19.4. The molecule has 5 nitrogen and oxygen atoms in total. The molecule has 0 N–H and O–H groups in total. The van der Waals surface area contributed by atoms with Crippen LogP contribution in [0, 0.1) is 0 Å². The van der Waals surface area contributed by atoms with E-state index in [9.17, 15) is 8.42 Å². The third kappa shape index (κ3) is 5.02. The van der Waals surface area contributed by atoms with Crippen LogP contribution in [0.25, 0.3) is 0 Å². The van der Waals surface area contributed by atoms with Gasteiger partial charge in [-0.3, -0.25) is 0 Å². The number of benzene rings is 2. The summed E-state index contributed by atoms with van der Waals surface area (Å²) < 4.78 is 33.7. The SMILES string of the molecule is CN(C)c1ccc(CN(C[C@H]2CCCO2)S(=O)(=O)c2ccc(Cl)cc2)cc1. The van der Waals surface area contributed by atoms with E-state index in [2.05, 4.69) is 0 Å². The van der Waals surface area contributed by atoms with E-state index in [1.54, 1.807) is 24.3 Å². The van der Waals surface area contributed by atoms with Crippen LogP contribution in [0.15, 0.2) is 53.4 Å². The van der Waals surface area contributed by atoms with Gasteiger partial charge in [0.2, 0.25) is 10.0 Å². The van der Waals surface area contributed by atoms with Gasteiger partial charge in [-0.15, -0.1) is 0 Å². The molecule has 0 bridgehead atoms. The number of hydrogen-bond donors (Lipinski definition) is 0. The zero-order valence-electron chi connectivity index (χ0n) is 15.6. The lowest BCUT2D eigenvalue weighted by molar-refractivity contribution is 0.0926. The minimum Gasteiger partial charge on any atom is -0.378 e. The minimum atomic E-state index is -3.65. The molecule has 146 valence electrons. The number of nitrogens with zero attached hydrogens (tertiary/aromatic N) is 2. The van der Waals surface area contributed by atoms with Crippen LogP contribution in [0.4, 0.5) is 5.69 Å². The maximum atomic E-state index is 13.2. The van der Waals surface area contributed by atoms with Gasteiger partial charge in [0, 0.05) is 44.5 Å². The number of anilines is 1. The van der Waals surface area contributed by atoms with Crippen LogP contribution >= 0.6 is 11.6 Å². The van der Waals surface area contributed by atoms with Gasteiger partial charge in [-0.2, -0.15) is 4.31 Å². The summed E-state index contributed by atoms with van der Waals surface area (Å²) in [5.41, 5.74) is 2.01. The van der Waals surface area contributed by atoms with E-state index in [1.807, 2.05) is 43.3 Å². The summed E-state index contributed by atoms with van der Waals surface area (Å²) in [5, 5.41) is 0.513. The van der Waals surface area contributed by atoms with Crippen LogP contribution in [0.5, 0.6) is 0 Å². The minimum absolute atomic E-state index is 0.0619. The highest BCUT2D eigenvalue weighted by Crippen LogP contribution is 2.24. The molecule has 3 rings (SSSR count). The Morgan fingerprint density at radius 3 is 2.30 bits per heavy atom. The molecule has 0 amide bonds. The van der Waals surface area contributed by atoms with Crippen molar-refractivity contribution in [2.75, 3.05) is 32.1 Å². The summed E-state index contributed by atoms with van der Waals surface area (Å²) in [6.07, 6.45) is 1.79. The normalized spacial score (nSPS) is 17.4. The molecule has 0 unspecified atom stereocenters. The molecular weight excluding hydrogens is 384 g/mol. The first-order valence-electron chi connectivity index (χ1n) is 9.00. The van der Waals surface area contributed by atoms with Gasteiger partial charge in [0.25, 0.3) is 0 Å². The first-order chi connectivity index (χ1) is 12.9. The highest BCUT2D eigenvalue weighted by molar-refractivity contribution is 7.89. The molecule has 1 fully saturated rings. The van der Waals surface area contributed by atoms with Crippen molar-refractivity contribution in [3.05, 3.63) is 59.1 Å². The zero-order valence-corrected chi connectivity index (χ0v) is 17.2. The predicted octanol–water partition coefficient (Wildman–Crippen LogP) is 3.78. The maximum Gasteiger partial charge on any atom is 0.243 e. The number of hydrogen-bond acceptors (Lipinski definition) is 4. The van der Waals surface area contributed by atoms with Crippen molar-refractivity contribution in [3.8, 4) is 0 Å². The van der Waals surface area contributed by atoms with Crippen LogP contribution in [0.2, 0.25) is 5.02 Å². The highest BCUT2D eigenvalue weighted by Gasteiger charge is 2.29. The Morgan fingerprint density at radius 2 is 1.74 bits per heavy atom. The van der Waals surface area contributed by atoms with Crippen LogP contribution in [-0.2, 0) is 21.3 Å². The van der Waals surface area contributed by atoms with Crippen LogP contribution in [-0.4, -0.2) is 46.1 Å². The number of ether oxygens (including phenoxy) is 1. The highest BCUT2D eigenvalue weighted by atomic mass is 35.5. The lowest BCUT2D eigenvalue weighted by Crippen LogP contribution is -2.37. The molecule has 7 heteroatoms. The van der Waals surface area contributed by atoms with E-state index in [0.717, 1.165) is 24.1 Å². The van der Waals surface area contributed by atoms with E-state index in [-0.39, 0.29) is 11.0 Å². The van der Waals surface area contributed by atoms with E-state index in [1.165, 1.54) is 4.31 Å². The van der Waals surface area contributed by atoms with Crippen molar-refractivity contribution in [1.82, 2.24) is 4.31 Å². The molecule has 2 aromatic rings. The number of rotatable bonds is 7. The van der Waals surface area contributed by atoms with Gasteiger partial charge >= 0.3 is 0 Å². The van der Waals surface area contributed by atoms with Gasteiger partial charge in [-0.1, -0.05) is 23.7 Å². The summed E-state index contributed by atoms with van der Waals surface area (Å²) in [5.74, 6) is 0. The molecule has 1 aliphatic heterocycles. The summed E-state index contributed by atoms with van der Waals surface area (Å²) in [6, 6.07) is 14.2. The molecule has 1 aliphatic rings. The molecule has 27 heavy (non-hydrogen) atoms. The molecule has 0 spiro atoms. The summed E-state index contributed by atoms with van der Waals surface area (Å²) in [6.45, 7) is 1.34. The first kappa shape index (κ1) is 20.1. The molecule has 1 atom stereocenters. The molecule has 2 aromatic carbocycles. The van der Waals surface area contributed by atoms with Crippen LogP contribution in [0.3, 0.4) is 0 Å². The van der Waals surface area contributed by atoms with E-state index >= 15 is 0 Å². The van der Waals surface area contributed by atoms with Gasteiger partial charge in [-0.25, -0.2) is 8.42 Å². The third-order valence-corrected chi connectivity index (χ3v) is 6.77. The number of sulfonamides is 1. The average Bonchev–Trinajstić information content (AvgIpc) is 3.15. The van der Waals surface area contributed by atoms with E-state index < -0.39 is 10.0 Å². The van der Waals surface area contributed by atoms with E-state index in [0.29, 0.717) is 24.7 Å². The Balaban J connectivity index is 1.86. The van der Waals surface area contributed by atoms with Gasteiger partial charge < -0.3 is 9.64 Å². The molecule has 0 radical (unpaired) electrons. The average molecular weight is 409 g/mol. The molecular formula is C20H25ClN2O3S. The fraction of sp³-hybridized carbons (Fsp3) is 0.400. The van der Waals surface area contributed by atoms with Crippen molar-refractivity contribution < 1.29 is 13.2 Å². The molecule has 1 saturated heterocycles. The van der Waals surface area contributed by atoms with E-state index in [4.69, 9.17) is 16.3 Å². The lowest BCUT2D eigenvalue weighted by Gasteiger charge is -2.25. The predicted molar refractivity (Wildman–Crippen MR) is 109 cm³/mol. The summed E-state index contributed by atoms with van der Waals surface area (Å²) in [7, 11) is 0.306. The van der Waals surface area contributed by atoms with Crippen molar-refractivity contribution in [2.24, 2.45) is 0 Å². The Labute approximate surface area is 166 Å². The first-order valence-corrected chi connectivity index (χ1v) is 10.8. The largest absolute Gasteiger partial charge is 0.378 e. The molecule has 0 saturated carbocycles. The van der Waals surface area contributed by atoms with Gasteiger partial charge in [-0.05, 0) is 54.8 Å². The monoisotopic (exact) mass is 408 g/mol. The van der Waals surface area contributed by atoms with Crippen LogP contribution < -0.4 is 4.90 Å². The van der Waals surface area contributed by atoms with Gasteiger partial charge in [0.1, 0.15) is 0 Å². The second-order valence-electron chi connectivity index (χ2n) is 6.95. The second kappa shape index (κ2) is 8.61. The Morgan fingerprint density at radius 1 is 1.07 bits per heavy atom. The Hall–Kier alpha value is -1.60. The fourth-order valence-electron chi connectivity index (χ4n) is 3.12. The van der Waals surface area contributed by atoms with Gasteiger partial charge in [0.05, 0.1) is 11.0 Å². The molecule has 1 heterocycles. The quantitative estimate of drug-likeness (QED) is 0.699. The summed E-state index contributed by atoms with van der Waals surface area (Å²) >= 11 is 5.92. The third-order valence-electron chi connectivity index (χ3n) is 4.69. The topological polar surface area (TPSA) is 49.9 Å². The van der Waals surface area contributed by atoms with Crippen molar-refractivity contribution >= 4 is 27.3 Å². The maximum absolute atomic E-state index is 13.2. The van der Waals surface area contributed by atoms with Gasteiger partial charge in [0.15, 0.2) is 0 Å². The van der Waals surface area contributed by atoms with Crippen molar-refractivity contribution in [1.29, 1.82) is 0 Å². The number of halogens is 1. The summed E-state index contributed by atoms with van der Waals surface area (Å²) in [4.78, 5) is 2.26. The standard InChI is InChI=1S/C20H25ClN2O3S/c1-22(2)18-9-5-16(6-10-18)14-23(15-19-4-3-13-26-19)27(24,25)20-11-7-17(21)8-12-20/h5-12,19H,3-4,13-15H2,1-2H3/t19-/m1/s1. The molecule has 0 aliphatic carbocycles.